The van der Waals surface area contributed by atoms with E-state index in [1.54, 1.807) is 13.4 Å². The Morgan fingerprint density at radius 2 is 2.06 bits per heavy atom. The molecular weight excluding hydrogens is 226 g/mol. The molecule has 4 nitrogen and oxygen atoms in total. The summed E-state index contributed by atoms with van der Waals surface area (Å²) in [6.45, 7) is 4.94. The summed E-state index contributed by atoms with van der Waals surface area (Å²) in [4.78, 5) is 8.49. The Balaban J connectivity index is 2.38. The summed E-state index contributed by atoms with van der Waals surface area (Å²) in [6, 6.07) is 7.92. The van der Waals surface area contributed by atoms with E-state index in [2.05, 4.69) is 15.3 Å². The highest BCUT2D eigenvalue weighted by Gasteiger charge is 2.06. The molecule has 2 aromatic rings. The molecule has 4 heteroatoms. The van der Waals surface area contributed by atoms with E-state index in [-0.39, 0.29) is 0 Å². The molecule has 18 heavy (non-hydrogen) atoms. The zero-order chi connectivity index (χ0) is 13.0. The minimum Gasteiger partial charge on any atom is -0.497 e. The van der Waals surface area contributed by atoms with Crippen LogP contribution in [0.1, 0.15) is 12.5 Å². The first kappa shape index (κ1) is 12.4. The molecule has 1 aromatic carbocycles. The molecule has 0 aliphatic carbocycles. The lowest BCUT2D eigenvalue weighted by Gasteiger charge is -2.09. The van der Waals surface area contributed by atoms with Gasteiger partial charge in [0.1, 0.15) is 17.9 Å². The Morgan fingerprint density at radius 1 is 1.22 bits per heavy atom. The predicted molar refractivity (Wildman–Crippen MR) is 72.9 cm³/mol. The number of benzene rings is 1. The summed E-state index contributed by atoms with van der Waals surface area (Å²) in [7, 11) is 1.67. The van der Waals surface area contributed by atoms with Crippen LogP contribution in [0.3, 0.4) is 0 Å². The molecule has 0 fully saturated rings. The summed E-state index contributed by atoms with van der Waals surface area (Å²) in [5.41, 5.74) is 3.15. The van der Waals surface area contributed by atoms with Gasteiger partial charge in [0, 0.05) is 18.2 Å². The summed E-state index contributed by atoms with van der Waals surface area (Å²) < 4.78 is 5.20. The highest BCUT2D eigenvalue weighted by Crippen LogP contribution is 2.26. The van der Waals surface area contributed by atoms with E-state index in [4.69, 9.17) is 4.74 Å². The van der Waals surface area contributed by atoms with E-state index in [9.17, 15) is 0 Å². The zero-order valence-corrected chi connectivity index (χ0v) is 10.9. The molecule has 0 atom stereocenters. The minimum absolute atomic E-state index is 0.845. The minimum atomic E-state index is 0.845. The third-order valence-electron chi connectivity index (χ3n) is 2.73. The first-order valence-corrected chi connectivity index (χ1v) is 5.95. The second kappa shape index (κ2) is 5.49. The van der Waals surface area contributed by atoms with E-state index in [1.165, 1.54) is 0 Å². The smallest absolute Gasteiger partial charge is 0.129 e. The van der Waals surface area contributed by atoms with E-state index in [0.717, 1.165) is 34.9 Å². The highest BCUT2D eigenvalue weighted by molar-refractivity contribution is 5.66. The van der Waals surface area contributed by atoms with Gasteiger partial charge in [0.15, 0.2) is 0 Å². The van der Waals surface area contributed by atoms with Gasteiger partial charge in [-0.2, -0.15) is 0 Å². The maximum atomic E-state index is 5.20. The summed E-state index contributed by atoms with van der Waals surface area (Å²) in [5, 5.41) is 3.18. The van der Waals surface area contributed by atoms with Gasteiger partial charge in [0.2, 0.25) is 0 Å². The summed E-state index contributed by atoms with van der Waals surface area (Å²) >= 11 is 0. The van der Waals surface area contributed by atoms with Gasteiger partial charge in [-0.15, -0.1) is 0 Å². The first-order chi connectivity index (χ1) is 8.74. The molecule has 0 radical (unpaired) electrons. The number of methoxy groups -OCH3 is 1. The molecule has 1 aromatic heterocycles. The van der Waals surface area contributed by atoms with Crippen molar-refractivity contribution in [1.29, 1.82) is 0 Å². The normalized spacial score (nSPS) is 10.2. The molecule has 2 rings (SSSR count). The number of aryl methyl sites for hydroxylation is 1. The molecule has 0 aliphatic heterocycles. The van der Waals surface area contributed by atoms with Gasteiger partial charge in [-0.3, -0.25) is 0 Å². The Bertz CT molecular complexity index is 540. The van der Waals surface area contributed by atoms with Crippen LogP contribution in [0.15, 0.2) is 30.6 Å². The molecule has 0 amide bonds. The molecular formula is C14H17N3O. The third kappa shape index (κ3) is 2.59. The number of aromatic nitrogens is 2. The number of nitrogens with one attached hydrogen (secondary N) is 1. The number of rotatable bonds is 4. The molecule has 0 bridgehead atoms. The van der Waals surface area contributed by atoms with Gasteiger partial charge < -0.3 is 10.1 Å². The van der Waals surface area contributed by atoms with Crippen LogP contribution in [0.5, 0.6) is 5.75 Å². The number of hydrogen-bond acceptors (Lipinski definition) is 4. The van der Waals surface area contributed by atoms with Crippen LogP contribution in [0.4, 0.5) is 5.82 Å². The van der Waals surface area contributed by atoms with Crippen LogP contribution in [-0.4, -0.2) is 23.6 Å². The van der Waals surface area contributed by atoms with Crippen LogP contribution >= 0.6 is 0 Å². The van der Waals surface area contributed by atoms with Gasteiger partial charge in [-0.1, -0.05) is 0 Å². The quantitative estimate of drug-likeness (QED) is 0.897. The fraction of sp³-hybridized carbons (Fsp3) is 0.286. The molecule has 0 aliphatic rings. The van der Waals surface area contributed by atoms with Gasteiger partial charge in [-0.05, 0) is 37.6 Å². The van der Waals surface area contributed by atoms with Crippen molar-refractivity contribution in [1.82, 2.24) is 9.97 Å². The van der Waals surface area contributed by atoms with Crippen molar-refractivity contribution in [2.45, 2.75) is 13.8 Å². The van der Waals surface area contributed by atoms with Gasteiger partial charge >= 0.3 is 0 Å². The first-order valence-electron chi connectivity index (χ1n) is 5.95. The van der Waals surface area contributed by atoms with Gasteiger partial charge in [0.25, 0.3) is 0 Å². The summed E-state index contributed by atoms with van der Waals surface area (Å²) in [6.07, 6.45) is 1.58. The summed E-state index contributed by atoms with van der Waals surface area (Å²) in [5.74, 6) is 1.70. The second-order valence-electron chi connectivity index (χ2n) is 4.00. The predicted octanol–water partition coefficient (Wildman–Crippen LogP) is 2.89. The fourth-order valence-electron chi connectivity index (χ4n) is 1.83. The van der Waals surface area contributed by atoms with Crippen molar-refractivity contribution in [3.8, 4) is 17.0 Å². The average molecular weight is 243 g/mol. The number of hydrogen-bond donors (Lipinski definition) is 1. The number of ether oxygens (including phenoxy) is 1. The molecule has 0 saturated heterocycles. The third-order valence-corrected chi connectivity index (χ3v) is 2.73. The molecule has 1 heterocycles. The van der Waals surface area contributed by atoms with E-state index < -0.39 is 0 Å². The van der Waals surface area contributed by atoms with Crippen molar-refractivity contribution in [2.24, 2.45) is 0 Å². The molecule has 0 unspecified atom stereocenters. The van der Waals surface area contributed by atoms with Crippen molar-refractivity contribution in [3.63, 3.8) is 0 Å². The molecule has 0 saturated carbocycles. The standard InChI is InChI=1S/C14H17N3O/c1-4-15-14-8-13(16-9-17-14)12-6-5-11(18-3)7-10(12)2/h5-9H,4H2,1-3H3,(H,15,16,17). The van der Waals surface area contributed by atoms with Crippen LogP contribution in [0, 0.1) is 6.92 Å². The lowest BCUT2D eigenvalue weighted by molar-refractivity contribution is 0.414. The molecule has 94 valence electrons. The maximum absolute atomic E-state index is 5.20. The average Bonchev–Trinajstić information content (AvgIpc) is 2.39. The maximum Gasteiger partial charge on any atom is 0.129 e. The Kier molecular flexibility index (Phi) is 3.77. The number of anilines is 1. The fourth-order valence-corrected chi connectivity index (χ4v) is 1.83. The van der Waals surface area contributed by atoms with Gasteiger partial charge in [-0.25, -0.2) is 9.97 Å². The SMILES string of the molecule is CCNc1cc(-c2ccc(OC)cc2C)ncn1. The number of nitrogens with zero attached hydrogens (tertiary/aromatic N) is 2. The Labute approximate surface area is 107 Å². The van der Waals surface area contributed by atoms with Crippen LogP contribution in [-0.2, 0) is 0 Å². The lowest BCUT2D eigenvalue weighted by atomic mass is 10.1. The van der Waals surface area contributed by atoms with E-state index in [0.29, 0.717) is 0 Å². The van der Waals surface area contributed by atoms with Crippen molar-refractivity contribution >= 4 is 5.82 Å². The van der Waals surface area contributed by atoms with E-state index >= 15 is 0 Å². The second-order valence-corrected chi connectivity index (χ2v) is 4.00. The van der Waals surface area contributed by atoms with Crippen LogP contribution in [0.25, 0.3) is 11.3 Å². The van der Waals surface area contributed by atoms with E-state index in [1.807, 2.05) is 38.1 Å². The largest absolute Gasteiger partial charge is 0.497 e. The highest BCUT2D eigenvalue weighted by atomic mass is 16.5. The van der Waals surface area contributed by atoms with Crippen molar-refractivity contribution < 1.29 is 4.74 Å². The Hall–Kier alpha value is -2.10. The topological polar surface area (TPSA) is 47.0 Å². The zero-order valence-electron chi connectivity index (χ0n) is 10.9. The lowest BCUT2D eigenvalue weighted by Crippen LogP contribution is -2.00. The van der Waals surface area contributed by atoms with Crippen LogP contribution < -0.4 is 10.1 Å². The van der Waals surface area contributed by atoms with Crippen molar-refractivity contribution in [3.05, 3.63) is 36.2 Å². The van der Waals surface area contributed by atoms with Crippen molar-refractivity contribution in [2.75, 3.05) is 19.0 Å². The molecule has 0 spiro atoms. The monoisotopic (exact) mass is 243 g/mol. The molecule has 1 N–H and O–H groups in total. The van der Waals surface area contributed by atoms with Gasteiger partial charge in [0.05, 0.1) is 12.8 Å². The Morgan fingerprint density at radius 3 is 2.72 bits per heavy atom. The van der Waals surface area contributed by atoms with Crippen LogP contribution in [0.2, 0.25) is 0 Å².